The molecule has 1 aliphatic rings. The van der Waals surface area contributed by atoms with Crippen LogP contribution in [0.2, 0.25) is 0 Å². The fourth-order valence-corrected chi connectivity index (χ4v) is 3.43. The molecular weight excluding hydrogens is 328 g/mol. The lowest BCUT2D eigenvalue weighted by molar-refractivity contribution is 0.147. The summed E-state index contributed by atoms with van der Waals surface area (Å²) in [6.45, 7) is 4.42. The van der Waals surface area contributed by atoms with Crippen molar-refractivity contribution in [3.63, 3.8) is 0 Å². The predicted octanol–water partition coefficient (Wildman–Crippen LogP) is 2.91. The van der Waals surface area contributed by atoms with E-state index in [2.05, 4.69) is 16.8 Å². The first-order valence-electron chi connectivity index (χ1n) is 8.87. The van der Waals surface area contributed by atoms with Gasteiger partial charge in [0.25, 0.3) is 0 Å². The van der Waals surface area contributed by atoms with E-state index in [1.165, 1.54) is 0 Å². The highest BCUT2D eigenvalue weighted by atomic mass is 16.4. The number of hydrogen-bond donors (Lipinski definition) is 1. The van der Waals surface area contributed by atoms with Crippen LogP contribution in [0.25, 0.3) is 22.1 Å². The molecule has 0 aliphatic carbocycles. The number of rotatable bonds is 3. The number of nitrogens with zero attached hydrogens (tertiary/aromatic N) is 2. The monoisotopic (exact) mass is 350 g/mol. The van der Waals surface area contributed by atoms with Crippen LogP contribution in [-0.2, 0) is 6.54 Å². The lowest BCUT2D eigenvalue weighted by atomic mass is 10.0. The number of fused-ring (bicyclic) bond motifs is 1. The van der Waals surface area contributed by atoms with E-state index in [9.17, 15) is 9.90 Å². The third-order valence-corrected chi connectivity index (χ3v) is 5.04. The van der Waals surface area contributed by atoms with Crippen molar-refractivity contribution < 1.29 is 9.52 Å². The van der Waals surface area contributed by atoms with Gasteiger partial charge in [0.2, 0.25) is 0 Å². The van der Waals surface area contributed by atoms with Gasteiger partial charge in [-0.3, -0.25) is 4.90 Å². The molecule has 0 amide bonds. The van der Waals surface area contributed by atoms with E-state index in [0.717, 1.165) is 37.1 Å². The third-order valence-electron chi connectivity index (χ3n) is 5.04. The minimum atomic E-state index is -0.381. The van der Waals surface area contributed by atoms with E-state index in [1.807, 2.05) is 36.4 Å². The van der Waals surface area contributed by atoms with Crippen LogP contribution in [0.1, 0.15) is 5.56 Å². The Labute approximate surface area is 152 Å². The molecule has 0 bridgehead atoms. The fourth-order valence-electron chi connectivity index (χ4n) is 3.43. The summed E-state index contributed by atoms with van der Waals surface area (Å²) in [5.74, 6) is 0.173. The minimum Gasteiger partial charge on any atom is -0.507 e. The lowest BCUT2D eigenvalue weighted by Gasteiger charge is -2.32. The summed E-state index contributed by atoms with van der Waals surface area (Å²) in [5.41, 5.74) is 2.15. The van der Waals surface area contributed by atoms with Gasteiger partial charge >= 0.3 is 5.63 Å². The van der Waals surface area contributed by atoms with Crippen LogP contribution in [0.15, 0.2) is 57.7 Å². The van der Waals surface area contributed by atoms with Gasteiger partial charge in [0.05, 0.1) is 11.1 Å². The summed E-state index contributed by atoms with van der Waals surface area (Å²) in [4.78, 5) is 17.1. The zero-order chi connectivity index (χ0) is 18.1. The Bertz CT molecular complexity index is 974. The molecule has 0 unspecified atom stereocenters. The normalized spacial score (nSPS) is 16.2. The molecule has 5 nitrogen and oxygen atoms in total. The molecule has 2 aromatic carbocycles. The Morgan fingerprint density at radius 2 is 1.77 bits per heavy atom. The van der Waals surface area contributed by atoms with Gasteiger partial charge in [-0.05, 0) is 30.8 Å². The summed E-state index contributed by atoms with van der Waals surface area (Å²) in [6, 6.07) is 14.8. The van der Waals surface area contributed by atoms with E-state index in [0.29, 0.717) is 23.3 Å². The molecule has 0 spiro atoms. The van der Waals surface area contributed by atoms with E-state index in [-0.39, 0.29) is 11.4 Å². The van der Waals surface area contributed by atoms with E-state index >= 15 is 0 Å². The van der Waals surface area contributed by atoms with Crippen molar-refractivity contribution in [2.45, 2.75) is 6.54 Å². The number of aromatic hydroxyl groups is 1. The Hall–Kier alpha value is -2.63. The van der Waals surface area contributed by atoms with Crippen LogP contribution in [0, 0.1) is 0 Å². The van der Waals surface area contributed by atoms with Crippen LogP contribution in [0.4, 0.5) is 0 Å². The first-order valence-corrected chi connectivity index (χ1v) is 8.87. The second-order valence-corrected chi connectivity index (χ2v) is 6.87. The summed E-state index contributed by atoms with van der Waals surface area (Å²) in [7, 11) is 2.11. The minimum absolute atomic E-state index is 0.173. The number of piperazine rings is 1. The highest BCUT2D eigenvalue weighted by Gasteiger charge is 2.19. The summed E-state index contributed by atoms with van der Waals surface area (Å²) in [6.07, 6.45) is 0. The van der Waals surface area contributed by atoms with Crippen molar-refractivity contribution in [1.29, 1.82) is 0 Å². The molecule has 1 aromatic heterocycles. The second-order valence-electron chi connectivity index (χ2n) is 6.87. The first-order chi connectivity index (χ1) is 12.6. The van der Waals surface area contributed by atoms with Crippen LogP contribution in [0.3, 0.4) is 0 Å². The average molecular weight is 350 g/mol. The van der Waals surface area contributed by atoms with Gasteiger partial charge in [-0.1, -0.05) is 30.3 Å². The van der Waals surface area contributed by atoms with Crippen LogP contribution >= 0.6 is 0 Å². The Kier molecular flexibility index (Phi) is 4.49. The van der Waals surface area contributed by atoms with Crippen molar-refractivity contribution in [1.82, 2.24) is 9.80 Å². The molecule has 5 heteroatoms. The van der Waals surface area contributed by atoms with Gasteiger partial charge in [0, 0.05) is 38.1 Å². The smallest absolute Gasteiger partial charge is 0.344 e. The number of phenolic OH excluding ortho intramolecular Hbond substituents is 1. The quantitative estimate of drug-likeness (QED) is 0.736. The van der Waals surface area contributed by atoms with Gasteiger partial charge < -0.3 is 14.4 Å². The summed E-state index contributed by atoms with van der Waals surface area (Å²) >= 11 is 0. The topological polar surface area (TPSA) is 56.9 Å². The van der Waals surface area contributed by atoms with Crippen LogP contribution in [0.5, 0.6) is 5.75 Å². The molecule has 0 radical (unpaired) electrons. The molecule has 4 rings (SSSR count). The van der Waals surface area contributed by atoms with Gasteiger partial charge in [-0.15, -0.1) is 0 Å². The standard InChI is InChI=1S/C21H22N2O3/c1-22-9-11-23(12-10-22)14-18-19(24)8-7-16-13-17(21(25)26-20(16)18)15-5-3-2-4-6-15/h2-8,13,24H,9-12,14H2,1H3. The maximum absolute atomic E-state index is 12.6. The molecule has 3 aromatic rings. The summed E-state index contributed by atoms with van der Waals surface area (Å²) in [5, 5.41) is 11.2. The van der Waals surface area contributed by atoms with E-state index in [1.54, 1.807) is 12.1 Å². The average Bonchev–Trinajstić information content (AvgIpc) is 2.66. The van der Waals surface area contributed by atoms with Gasteiger partial charge in [0.15, 0.2) is 0 Å². The third kappa shape index (κ3) is 3.23. The molecule has 1 saturated heterocycles. The number of hydrogen-bond acceptors (Lipinski definition) is 5. The largest absolute Gasteiger partial charge is 0.507 e. The molecule has 26 heavy (non-hydrogen) atoms. The molecule has 1 fully saturated rings. The summed E-state index contributed by atoms with van der Waals surface area (Å²) < 4.78 is 5.67. The van der Waals surface area contributed by atoms with Crippen LogP contribution < -0.4 is 5.63 Å². The SMILES string of the molecule is CN1CCN(Cc2c(O)ccc3cc(-c4ccccc4)c(=O)oc23)CC1. The van der Waals surface area contributed by atoms with Gasteiger partial charge in [-0.2, -0.15) is 0 Å². The molecule has 2 heterocycles. The highest BCUT2D eigenvalue weighted by molar-refractivity contribution is 5.85. The van der Waals surface area contributed by atoms with Gasteiger partial charge in [-0.25, -0.2) is 4.79 Å². The maximum Gasteiger partial charge on any atom is 0.344 e. The zero-order valence-corrected chi connectivity index (χ0v) is 14.8. The van der Waals surface area contributed by atoms with Gasteiger partial charge in [0.1, 0.15) is 11.3 Å². The zero-order valence-electron chi connectivity index (χ0n) is 14.8. The van der Waals surface area contributed by atoms with Crippen molar-refractivity contribution in [3.05, 3.63) is 64.5 Å². The first kappa shape index (κ1) is 16.8. The van der Waals surface area contributed by atoms with Crippen molar-refractivity contribution >= 4 is 11.0 Å². The Morgan fingerprint density at radius 3 is 2.50 bits per heavy atom. The maximum atomic E-state index is 12.6. The number of benzene rings is 2. The lowest BCUT2D eigenvalue weighted by Crippen LogP contribution is -2.43. The Balaban J connectivity index is 1.75. The molecule has 0 atom stereocenters. The van der Waals surface area contributed by atoms with Crippen molar-refractivity contribution in [2.75, 3.05) is 33.2 Å². The molecule has 1 N–H and O–H groups in total. The second kappa shape index (κ2) is 6.94. The molecule has 0 saturated carbocycles. The fraction of sp³-hybridized carbons (Fsp3) is 0.286. The van der Waals surface area contributed by atoms with Crippen LogP contribution in [-0.4, -0.2) is 48.1 Å². The predicted molar refractivity (Wildman–Crippen MR) is 102 cm³/mol. The highest BCUT2D eigenvalue weighted by Crippen LogP contribution is 2.30. The van der Waals surface area contributed by atoms with Crippen molar-refractivity contribution in [3.8, 4) is 16.9 Å². The number of likely N-dealkylation sites (N-methyl/N-ethyl adjacent to an activating group) is 1. The molecule has 1 aliphatic heterocycles. The van der Waals surface area contributed by atoms with Crippen molar-refractivity contribution in [2.24, 2.45) is 0 Å². The van der Waals surface area contributed by atoms with E-state index in [4.69, 9.17) is 4.42 Å². The Morgan fingerprint density at radius 1 is 1.04 bits per heavy atom. The van der Waals surface area contributed by atoms with E-state index < -0.39 is 0 Å². The molecular formula is C21H22N2O3. The molecule has 134 valence electrons. The number of phenols is 1.